The van der Waals surface area contributed by atoms with E-state index in [1.54, 1.807) is 24.3 Å². The number of sulfonamides is 1. The van der Waals surface area contributed by atoms with Gasteiger partial charge in [-0.15, -0.1) is 0 Å². The highest BCUT2D eigenvalue weighted by Crippen LogP contribution is 2.21. The summed E-state index contributed by atoms with van der Waals surface area (Å²) in [5.41, 5.74) is 0.824. The fourth-order valence-electron chi connectivity index (χ4n) is 1.86. The maximum Gasteiger partial charge on any atom is 0.262 e. The molecule has 0 aliphatic carbocycles. The van der Waals surface area contributed by atoms with E-state index in [1.165, 1.54) is 19.2 Å². The minimum atomic E-state index is -3.34. The standard InChI is InChI=1S/C16H16ClFN2O4S/c1-20(25(2,22)23)12-4-6-13(7-5-12)24-10-16(21)19-11-3-8-15(18)14(17)9-11/h3-9H,10H2,1-2H3,(H,19,21). The van der Waals surface area contributed by atoms with E-state index in [4.69, 9.17) is 16.3 Å². The second-order valence-corrected chi connectivity index (χ2v) is 7.61. The molecule has 0 spiro atoms. The molecule has 2 aromatic carbocycles. The van der Waals surface area contributed by atoms with Gasteiger partial charge in [0.1, 0.15) is 11.6 Å². The number of nitrogens with zero attached hydrogens (tertiary/aromatic N) is 1. The van der Waals surface area contributed by atoms with Crippen LogP contribution in [0.15, 0.2) is 42.5 Å². The van der Waals surface area contributed by atoms with Gasteiger partial charge in [-0.25, -0.2) is 12.8 Å². The van der Waals surface area contributed by atoms with Gasteiger partial charge in [-0.2, -0.15) is 0 Å². The van der Waals surface area contributed by atoms with Gasteiger partial charge >= 0.3 is 0 Å². The molecule has 0 radical (unpaired) electrons. The van der Waals surface area contributed by atoms with Crippen LogP contribution in [0.3, 0.4) is 0 Å². The van der Waals surface area contributed by atoms with Gasteiger partial charge < -0.3 is 10.1 Å². The Morgan fingerprint density at radius 2 is 1.88 bits per heavy atom. The number of amides is 1. The minimum absolute atomic E-state index is 0.0932. The van der Waals surface area contributed by atoms with Crippen LogP contribution >= 0.6 is 11.6 Å². The zero-order valence-electron chi connectivity index (χ0n) is 13.5. The van der Waals surface area contributed by atoms with Gasteiger partial charge in [0.05, 0.1) is 17.0 Å². The minimum Gasteiger partial charge on any atom is -0.484 e. The number of hydrogen-bond acceptors (Lipinski definition) is 4. The summed E-state index contributed by atoms with van der Waals surface area (Å²) >= 11 is 5.64. The molecule has 0 aliphatic heterocycles. The number of benzene rings is 2. The molecule has 0 heterocycles. The lowest BCUT2D eigenvalue weighted by Crippen LogP contribution is -2.24. The fraction of sp³-hybridized carbons (Fsp3) is 0.188. The molecule has 6 nitrogen and oxygen atoms in total. The summed E-state index contributed by atoms with van der Waals surface area (Å²) in [5.74, 6) is -0.618. The number of nitrogens with one attached hydrogen (secondary N) is 1. The molecule has 0 aliphatic rings. The Bertz CT molecular complexity index is 872. The van der Waals surface area contributed by atoms with E-state index in [0.29, 0.717) is 17.1 Å². The van der Waals surface area contributed by atoms with Gasteiger partial charge in [0, 0.05) is 12.7 Å². The van der Waals surface area contributed by atoms with Crippen molar-refractivity contribution in [2.24, 2.45) is 0 Å². The van der Waals surface area contributed by atoms with E-state index in [9.17, 15) is 17.6 Å². The van der Waals surface area contributed by atoms with Crippen LogP contribution in [0.2, 0.25) is 5.02 Å². The Morgan fingerprint density at radius 3 is 2.44 bits per heavy atom. The molecule has 0 aromatic heterocycles. The first-order valence-electron chi connectivity index (χ1n) is 7.08. The van der Waals surface area contributed by atoms with Crippen molar-refractivity contribution in [2.75, 3.05) is 29.5 Å². The summed E-state index contributed by atoms with van der Waals surface area (Å²) < 4.78 is 42.4. The highest BCUT2D eigenvalue weighted by molar-refractivity contribution is 7.92. The molecule has 25 heavy (non-hydrogen) atoms. The number of carbonyl (C=O) groups excluding carboxylic acids is 1. The SMILES string of the molecule is CN(c1ccc(OCC(=O)Nc2ccc(F)c(Cl)c2)cc1)S(C)(=O)=O. The molecule has 1 N–H and O–H groups in total. The molecule has 134 valence electrons. The van der Waals surface area contributed by atoms with Gasteiger partial charge in [-0.05, 0) is 42.5 Å². The molecule has 9 heteroatoms. The number of halogens is 2. The quantitative estimate of drug-likeness (QED) is 0.828. The highest BCUT2D eigenvalue weighted by atomic mass is 35.5. The van der Waals surface area contributed by atoms with Crippen LogP contribution in [0.1, 0.15) is 0 Å². The largest absolute Gasteiger partial charge is 0.484 e. The van der Waals surface area contributed by atoms with Crippen LogP contribution in [0.5, 0.6) is 5.75 Å². The summed E-state index contributed by atoms with van der Waals surface area (Å²) in [5, 5.41) is 2.43. The van der Waals surface area contributed by atoms with Gasteiger partial charge in [0.2, 0.25) is 10.0 Å². The Hall–Kier alpha value is -2.32. The van der Waals surface area contributed by atoms with Crippen molar-refractivity contribution in [3.05, 3.63) is 53.3 Å². The van der Waals surface area contributed by atoms with Crippen LogP contribution in [-0.2, 0) is 14.8 Å². The van der Waals surface area contributed by atoms with E-state index in [1.807, 2.05) is 0 Å². The number of ether oxygens (including phenoxy) is 1. The lowest BCUT2D eigenvalue weighted by atomic mass is 10.3. The van der Waals surface area contributed by atoms with Gasteiger partial charge in [0.25, 0.3) is 5.91 Å². The first-order chi connectivity index (χ1) is 11.7. The molecule has 0 atom stereocenters. The molecular formula is C16H16ClFN2O4S. The van der Waals surface area contributed by atoms with E-state index in [-0.39, 0.29) is 11.6 Å². The lowest BCUT2D eigenvalue weighted by molar-refractivity contribution is -0.118. The van der Waals surface area contributed by atoms with Gasteiger partial charge in [-0.3, -0.25) is 9.10 Å². The molecule has 0 saturated heterocycles. The normalized spacial score (nSPS) is 11.0. The third kappa shape index (κ3) is 5.33. The van der Waals surface area contributed by atoms with Crippen molar-refractivity contribution in [1.29, 1.82) is 0 Å². The van der Waals surface area contributed by atoms with E-state index >= 15 is 0 Å². The first-order valence-corrected chi connectivity index (χ1v) is 9.31. The predicted molar refractivity (Wildman–Crippen MR) is 95.2 cm³/mol. The second kappa shape index (κ2) is 7.71. The first kappa shape index (κ1) is 19.0. The number of anilines is 2. The van der Waals surface area contributed by atoms with Crippen LogP contribution in [0, 0.1) is 5.82 Å². The van der Waals surface area contributed by atoms with E-state index in [0.717, 1.165) is 16.6 Å². The van der Waals surface area contributed by atoms with Crippen molar-refractivity contribution in [3.63, 3.8) is 0 Å². The molecule has 0 unspecified atom stereocenters. The smallest absolute Gasteiger partial charge is 0.262 e. The number of carbonyl (C=O) groups is 1. The highest BCUT2D eigenvalue weighted by Gasteiger charge is 2.12. The van der Waals surface area contributed by atoms with Crippen molar-refractivity contribution in [1.82, 2.24) is 0 Å². The molecule has 0 bridgehead atoms. The Labute approximate surface area is 150 Å². The van der Waals surface area contributed by atoms with Crippen molar-refractivity contribution < 1.29 is 22.3 Å². The zero-order chi connectivity index (χ0) is 18.6. The van der Waals surface area contributed by atoms with Crippen molar-refractivity contribution in [2.45, 2.75) is 0 Å². The summed E-state index contributed by atoms with van der Waals surface area (Å²) in [4.78, 5) is 11.8. The average Bonchev–Trinajstić information content (AvgIpc) is 2.55. The maximum atomic E-state index is 13.1. The van der Waals surface area contributed by atoms with Crippen LogP contribution in [0.25, 0.3) is 0 Å². The topological polar surface area (TPSA) is 75.7 Å². The fourth-order valence-corrected chi connectivity index (χ4v) is 2.55. The molecule has 0 saturated carbocycles. The van der Waals surface area contributed by atoms with Gasteiger partial charge in [0.15, 0.2) is 6.61 Å². The number of hydrogen-bond donors (Lipinski definition) is 1. The summed E-state index contributed by atoms with van der Waals surface area (Å²) in [6.07, 6.45) is 1.10. The number of rotatable bonds is 6. The van der Waals surface area contributed by atoms with Gasteiger partial charge in [-0.1, -0.05) is 11.6 Å². The Balaban J connectivity index is 1.92. The molecule has 2 aromatic rings. The molecule has 0 fully saturated rings. The van der Waals surface area contributed by atoms with Crippen LogP contribution in [0.4, 0.5) is 15.8 Å². The summed E-state index contributed by atoms with van der Waals surface area (Å²) in [6.45, 7) is -0.268. The maximum absolute atomic E-state index is 13.1. The molecular weight excluding hydrogens is 371 g/mol. The van der Waals surface area contributed by atoms with E-state index in [2.05, 4.69) is 5.32 Å². The monoisotopic (exact) mass is 386 g/mol. The van der Waals surface area contributed by atoms with Crippen molar-refractivity contribution >= 4 is 38.9 Å². The summed E-state index contributed by atoms with van der Waals surface area (Å²) in [7, 11) is -1.91. The second-order valence-electron chi connectivity index (χ2n) is 5.19. The molecule has 1 amide bonds. The summed E-state index contributed by atoms with van der Waals surface area (Å²) in [6, 6.07) is 10.1. The average molecular weight is 387 g/mol. The van der Waals surface area contributed by atoms with Crippen LogP contribution < -0.4 is 14.4 Å². The Kier molecular flexibility index (Phi) is 5.86. The lowest BCUT2D eigenvalue weighted by Gasteiger charge is -2.16. The van der Waals surface area contributed by atoms with Crippen molar-refractivity contribution in [3.8, 4) is 5.75 Å². The Morgan fingerprint density at radius 1 is 1.24 bits per heavy atom. The zero-order valence-corrected chi connectivity index (χ0v) is 15.1. The third-order valence-corrected chi connectivity index (χ3v) is 4.77. The van der Waals surface area contributed by atoms with E-state index < -0.39 is 21.7 Å². The van der Waals surface area contributed by atoms with Crippen LogP contribution in [-0.4, -0.2) is 34.2 Å². The third-order valence-electron chi connectivity index (χ3n) is 3.27. The predicted octanol–water partition coefficient (Wildman–Crippen LogP) is 2.89. The molecule has 2 rings (SSSR count).